The van der Waals surface area contributed by atoms with Gasteiger partial charge in [0.1, 0.15) is 11.6 Å². The number of benzene rings is 1. The van der Waals surface area contributed by atoms with Crippen LogP contribution < -0.4 is 21.1 Å². The molecule has 0 unspecified atom stereocenters. The first kappa shape index (κ1) is 18.1. The van der Waals surface area contributed by atoms with Gasteiger partial charge < -0.3 is 21.1 Å². The van der Waals surface area contributed by atoms with Crippen molar-refractivity contribution >= 4 is 29.9 Å². The molecule has 8 heteroatoms. The van der Waals surface area contributed by atoms with E-state index in [0.29, 0.717) is 12.3 Å². The Bertz CT molecular complexity index is 471. The second-order valence-corrected chi connectivity index (χ2v) is 3.60. The molecular formula is C12H17ClFN3O3. The molecule has 2 amide bonds. The van der Waals surface area contributed by atoms with Crippen molar-refractivity contribution in [1.29, 1.82) is 0 Å². The van der Waals surface area contributed by atoms with Gasteiger partial charge in [-0.2, -0.15) is 0 Å². The molecule has 0 aliphatic rings. The van der Waals surface area contributed by atoms with Crippen molar-refractivity contribution in [3.8, 4) is 5.75 Å². The molecule has 0 fully saturated rings. The van der Waals surface area contributed by atoms with Gasteiger partial charge in [-0.15, -0.1) is 12.4 Å². The summed E-state index contributed by atoms with van der Waals surface area (Å²) in [5.74, 6) is -1.10. The normalized spacial score (nSPS) is 9.35. The third-order valence-electron chi connectivity index (χ3n) is 2.15. The van der Waals surface area contributed by atoms with Crippen molar-refractivity contribution in [2.45, 2.75) is 6.92 Å². The lowest BCUT2D eigenvalue weighted by Gasteiger charge is -2.11. The average molecular weight is 306 g/mol. The molecule has 0 aliphatic carbocycles. The van der Waals surface area contributed by atoms with Gasteiger partial charge in [-0.3, -0.25) is 9.59 Å². The van der Waals surface area contributed by atoms with Gasteiger partial charge in [0.05, 0.1) is 25.4 Å². The lowest BCUT2D eigenvalue weighted by atomic mass is 10.2. The summed E-state index contributed by atoms with van der Waals surface area (Å²) < 4.78 is 18.2. The number of amides is 2. The highest BCUT2D eigenvalue weighted by Crippen LogP contribution is 2.25. The fraction of sp³-hybridized carbons (Fsp3) is 0.333. The van der Waals surface area contributed by atoms with Gasteiger partial charge in [-0.1, -0.05) is 0 Å². The van der Waals surface area contributed by atoms with E-state index in [1.807, 2.05) is 0 Å². The first-order valence-corrected chi connectivity index (χ1v) is 5.75. The summed E-state index contributed by atoms with van der Waals surface area (Å²) in [5.41, 5.74) is 5.43. The molecule has 0 saturated carbocycles. The van der Waals surface area contributed by atoms with E-state index < -0.39 is 17.6 Å². The Kier molecular flexibility index (Phi) is 8.26. The van der Waals surface area contributed by atoms with E-state index in [4.69, 9.17) is 10.5 Å². The van der Waals surface area contributed by atoms with E-state index in [0.717, 1.165) is 0 Å². The number of halogens is 2. The van der Waals surface area contributed by atoms with Crippen LogP contribution in [0.15, 0.2) is 18.2 Å². The van der Waals surface area contributed by atoms with Crippen LogP contribution in [0, 0.1) is 5.82 Å². The van der Waals surface area contributed by atoms with Gasteiger partial charge in [0.15, 0.2) is 0 Å². The van der Waals surface area contributed by atoms with Crippen LogP contribution in [0.1, 0.15) is 6.92 Å². The molecule has 1 aromatic rings. The summed E-state index contributed by atoms with van der Waals surface area (Å²) in [6.07, 6.45) is 0. The van der Waals surface area contributed by atoms with Gasteiger partial charge in [-0.05, 0) is 19.1 Å². The molecule has 0 bridgehead atoms. The predicted molar refractivity (Wildman–Crippen MR) is 75.5 cm³/mol. The van der Waals surface area contributed by atoms with E-state index in [2.05, 4.69) is 10.6 Å². The molecule has 6 nitrogen and oxygen atoms in total. The highest BCUT2D eigenvalue weighted by molar-refractivity contribution is 5.95. The molecule has 1 rings (SSSR count). The maximum atomic E-state index is 13.0. The monoisotopic (exact) mass is 305 g/mol. The molecule has 0 heterocycles. The highest BCUT2D eigenvalue weighted by atomic mass is 35.5. The summed E-state index contributed by atoms with van der Waals surface area (Å²) in [4.78, 5) is 22.5. The number of carbonyl (C=O) groups is 2. The van der Waals surface area contributed by atoms with Crippen LogP contribution >= 0.6 is 12.4 Å². The minimum Gasteiger partial charge on any atom is -0.492 e. The minimum absolute atomic E-state index is 0. The van der Waals surface area contributed by atoms with Crippen LogP contribution in [-0.4, -0.2) is 31.5 Å². The molecule has 0 spiro atoms. The van der Waals surface area contributed by atoms with Gasteiger partial charge in [0, 0.05) is 6.07 Å². The van der Waals surface area contributed by atoms with E-state index >= 15 is 0 Å². The lowest BCUT2D eigenvalue weighted by Crippen LogP contribution is -2.36. The van der Waals surface area contributed by atoms with Crippen LogP contribution in [0.5, 0.6) is 5.75 Å². The molecule has 4 N–H and O–H groups in total. The molecule has 0 aliphatic heterocycles. The standard InChI is InChI=1S/C12H16FN3O3.ClH/c1-2-19-10-5-8(13)3-4-9(10)16-12(18)7-15-11(17)6-14;/h3-5H,2,6-7,14H2,1H3,(H,15,17)(H,16,18);1H. The number of rotatable bonds is 6. The zero-order valence-electron chi connectivity index (χ0n) is 10.9. The van der Waals surface area contributed by atoms with Gasteiger partial charge in [0.25, 0.3) is 0 Å². The largest absolute Gasteiger partial charge is 0.492 e. The summed E-state index contributed by atoms with van der Waals surface area (Å²) in [6, 6.07) is 3.77. The second kappa shape index (κ2) is 9.11. The highest BCUT2D eigenvalue weighted by Gasteiger charge is 2.09. The average Bonchev–Trinajstić information content (AvgIpc) is 2.39. The first-order chi connectivity index (χ1) is 9.06. The molecule has 0 aromatic heterocycles. The van der Waals surface area contributed by atoms with Crippen molar-refractivity contribution < 1.29 is 18.7 Å². The van der Waals surface area contributed by atoms with Gasteiger partial charge in [-0.25, -0.2) is 4.39 Å². The third kappa shape index (κ3) is 5.85. The lowest BCUT2D eigenvalue weighted by molar-refractivity contribution is -0.123. The Morgan fingerprint density at radius 3 is 2.65 bits per heavy atom. The molecule has 112 valence electrons. The Morgan fingerprint density at radius 1 is 1.35 bits per heavy atom. The zero-order valence-corrected chi connectivity index (χ0v) is 11.8. The van der Waals surface area contributed by atoms with Crippen LogP contribution in [0.2, 0.25) is 0 Å². The Hall–Kier alpha value is -1.86. The van der Waals surface area contributed by atoms with Crippen LogP contribution in [-0.2, 0) is 9.59 Å². The van der Waals surface area contributed by atoms with Crippen molar-refractivity contribution in [3.63, 3.8) is 0 Å². The molecular weight excluding hydrogens is 289 g/mol. The number of nitrogens with two attached hydrogens (primary N) is 1. The number of hydrogen-bond acceptors (Lipinski definition) is 4. The van der Waals surface area contributed by atoms with E-state index in [9.17, 15) is 14.0 Å². The maximum absolute atomic E-state index is 13.0. The minimum atomic E-state index is -0.460. The Morgan fingerprint density at radius 2 is 2.05 bits per heavy atom. The van der Waals surface area contributed by atoms with Gasteiger partial charge >= 0.3 is 0 Å². The molecule has 20 heavy (non-hydrogen) atoms. The maximum Gasteiger partial charge on any atom is 0.243 e. The first-order valence-electron chi connectivity index (χ1n) is 5.75. The van der Waals surface area contributed by atoms with Crippen LogP contribution in [0.25, 0.3) is 0 Å². The number of ether oxygens (including phenoxy) is 1. The number of anilines is 1. The van der Waals surface area contributed by atoms with Crippen LogP contribution in [0.3, 0.4) is 0 Å². The number of nitrogens with one attached hydrogen (secondary N) is 2. The van der Waals surface area contributed by atoms with Crippen LogP contribution in [0.4, 0.5) is 10.1 Å². The number of hydrogen-bond donors (Lipinski definition) is 3. The smallest absolute Gasteiger partial charge is 0.243 e. The molecule has 0 radical (unpaired) electrons. The van der Waals surface area contributed by atoms with Crippen molar-refractivity contribution in [2.75, 3.05) is 25.0 Å². The number of carbonyl (C=O) groups excluding carboxylic acids is 2. The summed E-state index contributed by atoms with van der Waals surface area (Å²) in [6.45, 7) is 1.70. The van der Waals surface area contributed by atoms with E-state index in [-0.39, 0.29) is 31.2 Å². The van der Waals surface area contributed by atoms with E-state index in [1.54, 1.807) is 6.92 Å². The fourth-order valence-corrected chi connectivity index (χ4v) is 1.32. The SMILES string of the molecule is CCOc1cc(F)ccc1NC(=O)CNC(=O)CN.Cl. The summed E-state index contributed by atoms with van der Waals surface area (Å²) >= 11 is 0. The van der Waals surface area contributed by atoms with E-state index in [1.165, 1.54) is 18.2 Å². The fourth-order valence-electron chi connectivity index (χ4n) is 1.32. The van der Waals surface area contributed by atoms with Crippen molar-refractivity contribution in [3.05, 3.63) is 24.0 Å². The summed E-state index contributed by atoms with van der Waals surface area (Å²) in [7, 11) is 0. The van der Waals surface area contributed by atoms with Crippen molar-refractivity contribution in [1.82, 2.24) is 5.32 Å². The molecule has 1 aromatic carbocycles. The quantitative estimate of drug-likeness (QED) is 0.720. The predicted octanol–water partition coefficient (Wildman–Crippen LogP) is 0.660. The molecule has 0 saturated heterocycles. The van der Waals surface area contributed by atoms with Gasteiger partial charge in [0.2, 0.25) is 11.8 Å². The topological polar surface area (TPSA) is 93.5 Å². The Balaban J connectivity index is 0.00000361. The molecule has 0 atom stereocenters. The zero-order chi connectivity index (χ0) is 14.3. The Labute approximate surface area is 122 Å². The van der Waals surface area contributed by atoms with Crippen molar-refractivity contribution in [2.24, 2.45) is 5.73 Å². The third-order valence-corrected chi connectivity index (χ3v) is 2.15. The summed E-state index contributed by atoms with van der Waals surface area (Å²) in [5, 5.41) is 4.84. The second-order valence-electron chi connectivity index (χ2n) is 3.60.